The minimum absolute atomic E-state index is 0.0642. The van der Waals surface area contributed by atoms with E-state index in [1.807, 2.05) is 36.4 Å². The lowest BCUT2D eigenvalue weighted by atomic mass is 9.92. The predicted molar refractivity (Wildman–Crippen MR) is 123 cm³/mol. The lowest BCUT2D eigenvalue weighted by Crippen LogP contribution is -2.19. The van der Waals surface area contributed by atoms with E-state index in [1.54, 1.807) is 6.07 Å². The van der Waals surface area contributed by atoms with Crippen molar-refractivity contribution < 1.29 is 13.9 Å². The van der Waals surface area contributed by atoms with E-state index in [-0.39, 0.29) is 23.7 Å². The van der Waals surface area contributed by atoms with Crippen molar-refractivity contribution >= 4 is 22.5 Å². The van der Waals surface area contributed by atoms with Gasteiger partial charge in [0.25, 0.3) is 5.91 Å². The van der Waals surface area contributed by atoms with Crippen LogP contribution in [0, 0.1) is 23.1 Å². The Labute approximate surface area is 190 Å². The van der Waals surface area contributed by atoms with Gasteiger partial charge in [-0.3, -0.25) is 9.89 Å². The van der Waals surface area contributed by atoms with Crippen molar-refractivity contribution in [1.82, 2.24) is 10.2 Å². The summed E-state index contributed by atoms with van der Waals surface area (Å²) in [5.74, 6) is -0.770. The molecule has 1 aromatic heterocycles. The maximum absolute atomic E-state index is 13.2. The van der Waals surface area contributed by atoms with Crippen LogP contribution >= 0.6 is 0 Å². The highest BCUT2D eigenvalue weighted by Gasteiger charge is 2.26. The topological polar surface area (TPSA) is 90.8 Å². The number of hydrogen-bond donors (Lipinski definition) is 2. The first-order valence-corrected chi connectivity index (χ1v) is 10.8. The Hall–Kier alpha value is -4.02. The number of amides is 1. The molecule has 1 saturated heterocycles. The Balaban J connectivity index is 1.46. The van der Waals surface area contributed by atoms with Gasteiger partial charge >= 0.3 is 0 Å². The minimum Gasteiger partial charge on any atom is -0.372 e. The largest absolute Gasteiger partial charge is 0.372 e. The monoisotopic (exact) mass is 440 g/mol. The van der Waals surface area contributed by atoms with E-state index in [0.717, 1.165) is 40.6 Å². The molecule has 0 radical (unpaired) electrons. The first-order chi connectivity index (χ1) is 16.1. The second-order valence-electron chi connectivity index (χ2n) is 8.11. The Kier molecular flexibility index (Phi) is 5.59. The average Bonchev–Trinajstić information content (AvgIpc) is 3.29. The normalized spacial score (nSPS) is 18.1. The number of benzene rings is 3. The molecule has 0 saturated carbocycles. The van der Waals surface area contributed by atoms with Crippen molar-refractivity contribution in [1.29, 1.82) is 5.26 Å². The van der Waals surface area contributed by atoms with Crippen molar-refractivity contribution in [3.63, 3.8) is 0 Å². The van der Waals surface area contributed by atoms with Gasteiger partial charge in [0.1, 0.15) is 11.5 Å². The molecular weight excluding hydrogens is 419 g/mol. The summed E-state index contributed by atoms with van der Waals surface area (Å²) in [4.78, 5) is 12.6. The van der Waals surface area contributed by atoms with Crippen LogP contribution in [-0.4, -0.2) is 22.7 Å². The van der Waals surface area contributed by atoms with Crippen molar-refractivity contribution in [2.45, 2.75) is 18.9 Å². The van der Waals surface area contributed by atoms with E-state index >= 15 is 0 Å². The fraction of sp³-hybridized carbons (Fsp3) is 0.192. The van der Waals surface area contributed by atoms with Gasteiger partial charge in [0, 0.05) is 22.2 Å². The molecule has 1 aliphatic rings. The molecule has 164 valence electrons. The third kappa shape index (κ3) is 4.21. The summed E-state index contributed by atoms with van der Waals surface area (Å²) in [6, 6.07) is 21.1. The van der Waals surface area contributed by atoms with Crippen molar-refractivity contribution in [3.05, 3.63) is 83.7 Å². The van der Waals surface area contributed by atoms with Crippen molar-refractivity contribution in [3.8, 4) is 17.3 Å². The Morgan fingerprint density at radius 2 is 1.94 bits per heavy atom. The number of carbonyl (C=O) groups is 1. The number of nitrogens with zero attached hydrogens (tertiary/aromatic N) is 2. The summed E-state index contributed by atoms with van der Waals surface area (Å²) < 4.78 is 19.2. The molecule has 33 heavy (non-hydrogen) atoms. The van der Waals surface area contributed by atoms with E-state index < -0.39 is 0 Å². The average molecular weight is 440 g/mol. The SMILES string of the molecule is N#CC1CCC(c2cccc3[nH]nc(-c4cccc(NC(=O)c5ccc(F)cc5)c4)c23)OC1. The number of anilines is 1. The van der Waals surface area contributed by atoms with Gasteiger partial charge in [0.2, 0.25) is 0 Å². The van der Waals surface area contributed by atoms with Crippen LogP contribution in [0.5, 0.6) is 0 Å². The lowest BCUT2D eigenvalue weighted by molar-refractivity contribution is -0.00259. The van der Waals surface area contributed by atoms with E-state index in [4.69, 9.17) is 10.00 Å². The molecule has 2 N–H and O–H groups in total. The number of ether oxygens (including phenoxy) is 1. The first-order valence-electron chi connectivity index (χ1n) is 10.8. The smallest absolute Gasteiger partial charge is 0.255 e. The van der Waals surface area contributed by atoms with E-state index in [2.05, 4.69) is 21.6 Å². The van der Waals surface area contributed by atoms with Crippen molar-refractivity contribution in [2.24, 2.45) is 5.92 Å². The van der Waals surface area contributed by atoms with Crippen LogP contribution in [0.15, 0.2) is 66.7 Å². The molecule has 0 bridgehead atoms. The molecule has 1 aliphatic heterocycles. The van der Waals surface area contributed by atoms with Crippen LogP contribution in [0.4, 0.5) is 10.1 Å². The van der Waals surface area contributed by atoms with Gasteiger partial charge < -0.3 is 10.1 Å². The maximum atomic E-state index is 13.2. The van der Waals surface area contributed by atoms with Gasteiger partial charge in [0.15, 0.2) is 0 Å². The van der Waals surface area contributed by atoms with Gasteiger partial charge in [-0.15, -0.1) is 0 Å². The molecule has 2 atom stereocenters. The fourth-order valence-electron chi connectivity index (χ4n) is 4.22. The summed E-state index contributed by atoms with van der Waals surface area (Å²) in [5.41, 5.74) is 4.53. The highest BCUT2D eigenvalue weighted by Crippen LogP contribution is 2.38. The molecule has 0 aliphatic carbocycles. The zero-order valence-electron chi connectivity index (χ0n) is 17.7. The lowest BCUT2D eigenvalue weighted by Gasteiger charge is -2.26. The molecule has 0 spiro atoms. The number of hydrogen-bond acceptors (Lipinski definition) is 4. The third-order valence-electron chi connectivity index (χ3n) is 5.93. The standard InChI is InChI=1S/C26H21FN4O2/c27-19-10-8-17(9-11-19)26(32)29-20-4-1-3-18(13-20)25-24-21(5-2-6-22(24)30-31-25)23-12-7-16(14-28)15-33-23/h1-6,8-11,13,16,23H,7,12,15H2,(H,29,32)(H,30,31). The quantitative estimate of drug-likeness (QED) is 0.431. The number of aromatic amines is 1. The van der Waals surface area contributed by atoms with Crippen LogP contribution in [0.2, 0.25) is 0 Å². The number of nitriles is 1. The number of halogens is 1. The fourth-order valence-corrected chi connectivity index (χ4v) is 4.22. The summed E-state index contributed by atoms with van der Waals surface area (Å²) in [7, 11) is 0. The van der Waals surface area contributed by atoms with Gasteiger partial charge in [-0.05, 0) is 60.9 Å². The summed E-state index contributed by atoms with van der Waals surface area (Å²) in [6.45, 7) is 0.426. The number of rotatable bonds is 4. The molecule has 3 aromatic carbocycles. The zero-order valence-corrected chi connectivity index (χ0v) is 17.7. The molecule has 2 heterocycles. The van der Waals surface area contributed by atoms with Crippen LogP contribution in [0.1, 0.15) is 34.9 Å². The van der Waals surface area contributed by atoms with Crippen LogP contribution in [-0.2, 0) is 4.74 Å². The zero-order chi connectivity index (χ0) is 22.8. The molecule has 4 aromatic rings. The number of fused-ring (bicyclic) bond motifs is 1. The van der Waals surface area contributed by atoms with Gasteiger partial charge in [-0.1, -0.05) is 24.3 Å². The van der Waals surface area contributed by atoms with Gasteiger partial charge in [-0.25, -0.2) is 4.39 Å². The second-order valence-corrected chi connectivity index (χ2v) is 8.11. The van der Waals surface area contributed by atoms with E-state index in [1.165, 1.54) is 24.3 Å². The number of aromatic nitrogens is 2. The second kappa shape index (κ2) is 8.85. The maximum Gasteiger partial charge on any atom is 0.255 e. The van der Waals surface area contributed by atoms with Gasteiger partial charge in [0.05, 0.1) is 30.2 Å². The van der Waals surface area contributed by atoms with Gasteiger partial charge in [-0.2, -0.15) is 10.4 Å². The number of nitrogens with one attached hydrogen (secondary N) is 2. The molecule has 6 nitrogen and oxygen atoms in total. The summed E-state index contributed by atoms with van der Waals surface area (Å²) in [5, 5.41) is 20.6. The third-order valence-corrected chi connectivity index (χ3v) is 5.93. The Bertz CT molecular complexity index is 1350. The predicted octanol–water partition coefficient (Wildman–Crippen LogP) is 5.61. The highest BCUT2D eigenvalue weighted by molar-refractivity contribution is 6.05. The number of H-pyrrole nitrogens is 1. The Morgan fingerprint density at radius 3 is 2.70 bits per heavy atom. The van der Waals surface area contributed by atoms with Crippen LogP contribution in [0.3, 0.4) is 0 Å². The molecule has 5 rings (SSSR count). The first kappa shape index (κ1) is 20.9. The summed E-state index contributed by atoms with van der Waals surface area (Å²) >= 11 is 0. The molecule has 7 heteroatoms. The van der Waals surface area contributed by atoms with E-state index in [9.17, 15) is 9.18 Å². The minimum atomic E-state index is -0.389. The molecular formula is C26H21FN4O2. The summed E-state index contributed by atoms with van der Waals surface area (Å²) in [6.07, 6.45) is 1.47. The highest BCUT2D eigenvalue weighted by atomic mass is 19.1. The van der Waals surface area contributed by atoms with Crippen molar-refractivity contribution in [2.75, 3.05) is 11.9 Å². The molecule has 2 unspecified atom stereocenters. The Morgan fingerprint density at radius 1 is 1.12 bits per heavy atom. The van der Waals surface area contributed by atoms with E-state index in [0.29, 0.717) is 17.9 Å². The van der Waals surface area contributed by atoms with Crippen LogP contribution in [0.25, 0.3) is 22.2 Å². The molecule has 1 fully saturated rings. The molecule has 1 amide bonds. The number of carbonyl (C=O) groups excluding carboxylic acids is 1. The van der Waals surface area contributed by atoms with Crippen LogP contribution < -0.4 is 5.32 Å².